The van der Waals surface area contributed by atoms with Crippen LogP contribution in [-0.4, -0.2) is 14.7 Å². The second-order valence-corrected chi connectivity index (χ2v) is 10.2. The van der Waals surface area contributed by atoms with Crippen LogP contribution in [-0.2, 0) is 29.7 Å². The molecule has 3 aromatic carbocycles. The Morgan fingerprint density at radius 2 is 1.75 bits per heavy atom. The largest absolute Gasteiger partial charge is 0.486 e. The topological polar surface area (TPSA) is 71.8 Å². The van der Waals surface area contributed by atoms with Gasteiger partial charge in [0.2, 0.25) is 10.0 Å². The summed E-state index contributed by atoms with van der Waals surface area (Å²) >= 11 is 0. The van der Waals surface area contributed by atoms with E-state index in [9.17, 15) is 17.2 Å². The summed E-state index contributed by atoms with van der Waals surface area (Å²) in [6.45, 7) is 2.63. The summed E-state index contributed by atoms with van der Waals surface area (Å²) in [5, 5.41) is 0. The molecule has 1 heterocycles. The molecule has 0 saturated heterocycles. The lowest BCUT2D eigenvalue weighted by atomic mass is 10.1. The maximum atomic E-state index is 14.5. The van der Waals surface area contributed by atoms with Crippen LogP contribution in [0.15, 0.2) is 83.5 Å². The van der Waals surface area contributed by atoms with Crippen molar-refractivity contribution >= 4 is 21.4 Å². The Morgan fingerprint density at radius 1 is 0.972 bits per heavy atom. The third kappa shape index (κ3) is 6.63. The molecule has 0 bridgehead atoms. The van der Waals surface area contributed by atoms with Gasteiger partial charge >= 0.3 is 0 Å². The Labute approximate surface area is 209 Å². The Bertz CT molecular complexity index is 1420. The molecular weight excluding hydrogens is 486 g/mol. The summed E-state index contributed by atoms with van der Waals surface area (Å²) < 4.78 is 65.2. The number of hydrogen-bond acceptors (Lipinski definition) is 5. The van der Waals surface area contributed by atoms with Gasteiger partial charge < -0.3 is 14.1 Å². The fourth-order valence-corrected chi connectivity index (χ4v) is 4.44. The molecule has 9 heteroatoms. The van der Waals surface area contributed by atoms with Gasteiger partial charge in [0.1, 0.15) is 29.8 Å². The summed E-state index contributed by atoms with van der Waals surface area (Å²) in [6, 6.07) is 19.8. The van der Waals surface area contributed by atoms with Crippen LogP contribution in [0.5, 0.6) is 5.75 Å². The van der Waals surface area contributed by atoms with Gasteiger partial charge in [0.25, 0.3) is 0 Å². The van der Waals surface area contributed by atoms with Crippen molar-refractivity contribution in [3.8, 4) is 5.75 Å². The van der Waals surface area contributed by atoms with Crippen LogP contribution in [0.1, 0.15) is 22.5 Å². The fraction of sp³-hybridized carbons (Fsp3) is 0.185. The molecule has 0 spiro atoms. The van der Waals surface area contributed by atoms with Crippen molar-refractivity contribution in [3.05, 3.63) is 113 Å². The van der Waals surface area contributed by atoms with E-state index in [1.54, 1.807) is 31.4 Å². The smallest absolute Gasteiger partial charge is 0.229 e. The maximum Gasteiger partial charge on any atom is 0.229 e. The van der Waals surface area contributed by atoms with Crippen LogP contribution in [0.3, 0.4) is 0 Å². The van der Waals surface area contributed by atoms with E-state index in [0.717, 1.165) is 17.9 Å². The predicted octanol–water partition coefficient (Wildman–Crippen LogP) is 6.02. The lowest BCUT2D eigenvalue weighted by molar-refractivity contribution is 0.270. The Morgan fingerprint density at radius 3 is 2.42 bits per heavy atom. The van der Waals surface area contributed by atoms with Crippen molar-refractivity contribution in [2.75, 3.05) is 15.9 Å². The first-order chi connectivity index (χ1) is 17.2. The summed E-state index contributed by atoms with van der Waals surface area (Å²) in [7, 11) is -3.49. The van der Waals surface area contributed by atoms with Crippen LogP contribution in [0, 0.1) is 18.6 Å². The number of rotatable bonds is 10. The highest BCUT2D eigenvalue weighted by atomic mass is 32.2. The summed E-state index contributed by atoms with van der Waals surface area (Å²) in [6.07, 6.45) is 2.67. The van der Waals surface area contributed by atoms with Crippen LogP contribution in [0.4, 0.5) is 20.2 Å². The highest BCUT2D eigenvalue weighted by Crippen LogP contribution is 2.30. The molecule has 0 atom stereocenters. The summed E-state index contributed by atoms with van der Waals surface area (Å²) in [5.74, 6) is 0.0830. The monoisotopic (exact) mass is 512 g/mol. The van der Waals surface area contributed by atoms with Crippen molar-refractivity contribution in [2.24, 2.45) is 0 Å². The number of benzene rings is 3. The number of sulfonamides is 1. The molecule has 1 N–H and O–H groups in total. The Kier molecular flexibility index (Phi) is 7.59. The number of halogens is 2. The van der Waals surface area contributed by atoms with E-state index >= 15 is 0 Å². The Balaban J connectivity index is 1.60. The van der Waals surface area contributed by atoms with Gasteiger partial charge in [-0.3, -0.25) is 4.72 Å². The normalized spacial score (nSPS) is 11.3. The highest BCUT2D eigenvalue weighted by molar-refractivity contribution is 7.92. The number of ether oxygens (including phenoxy) is 1. The minimum Gasteiger partial charge on any atom is -0.486 e. The van der Waals surface area contributed by atoms with E-state index in [2.05, 4.69) is 4.72 Å². The van der Waals surface area contributed by atoms with Gasteiger partial charge in [0, 0.05) is 30.4 Å². The van der Waals surface area contributed by atoms with Crippen molar-refractivity contribution in [2.45, 2.75) is 26.6 Å². The lowest BCUT2D eigenvalue weighted by Gasteiger charge is -2.28. The van der Waals surface area contributed by atoms with E-state index in [4.69, 9.17) is 9.15 Å². The maximum absolute atomic E-state index is 14.5. The van der Waals surface area contributed by atoms with Gasteiger partial charge in [-0.15, -0.1) is 0 Å². The minimum absolute atomic E-state index is 0.145. The molecule has 36 heavy (non-hydrogen) atoms. The number of nitrogens with zero attached hydrogens (tertiary/aromatic N) is 1. The molecule has 0 unspecified atom stereocenters. The molecule has 0 aliphatic heterocycles. The highest BCUT2D eigenvalue weighted by Gasteiger charge is 2.17. The average molecular weight is 513 g/mol. The molecule has 0 aliphatic rings. The van der Waals surface area contributed by atoms with Crippen molar-refractivity contribution in [1.82, 2.24) is 0 Å². The van der Waals surface area contributed by atoms with E-state index in [1.165, 1.54) is 12.1 Å². The number of nitrogens with one attached hydrogen (secondary N) is 1. The predicted molar refractivity (Wildman–Crippen MR) is 135 cm³/mol. The molecule has 0 saturated carbocycles. The molecular formula is C27H26F2N2O4S. The third-order valence-electron chi connectivity index (χ3n) is 5.58. The van der Waals surface area contributed by atoms with Crippen molar-refractivity contribution < 1.29 is 26.4 Å². The molecule has 4 rings (SSSR count). The zero-order chi connectivity index (χ0) is 25.7. The first-order valence-electron chi connectivity index (χ1n) is 11.2. The van der Waals surface area contributed by atoms with E-state index in [0.29, 0.717) is 47.2 Å². The van der Waals surface area contributed by atoms with Gasteiger partial charge in [-0.2, -0.15) is 0 Å². The standard InChI is InChI=1S/C27H26F2N2O4S/c1-19-26(30-36(2,32)33)6-3-7-27(19)31(17-21-10-11-22(28)15-25(21)29)16-20-8-12-23(13-9-20)35-18-24-5-4-14-34-24/h3-15,30H,16-18H2,1-2H3. The fourth-order valence-electron chi connectivity index (χ4n) is 3.82. The zero-order valence-electron chi connectivity index (χ0n) is 19.9. The molecule has 6 nitrogen and oxygen atoms in total. The third-order valence-corrected chi connectivity index (χ3v) is 6.17. The second kappa shape index (κ2) is 10.8. The van der Waals surface area contributed by atoms with Gasteiger partial charge in [-0.05, 0) is 60.5 Å². The Hall–Kier alpha value is -3.85. The lowest BCUT2D eigenvalue weighted by Crippen LogP contribution is -2.24. The van der Waals surface area contributed by atoms with Crippen LogP contribution in [0.2, 0.25) is 0 Å². The van der Waals surface area contributed by atoms with E-state index in [1.807, 2.05) is 41.3 Å². The average Bonchev–Trinajstić information content (AvgIpc) is 3.34. The first kappa shape index (κ1) is 25.2. The SMILES string of the molecule is Cc1c(NS(C)(=O)=O)cccc1N(Cc1ccc(OCc2ccco2)cc1)Cc1ccc(F)cc1F. The molecule has 4 aromatic rings. The van der Waals surface area contributed by atoms with Crippen LogP contribution < -0.4 is 14.4 Å². The van der Waals surface area contributed by atoms with Crippen LogP contribution in [0.25, 0.3) is 0 Å². The molecule has 0 amide bonds. The van der Waals surface area contributed by atoms with E-state index < -0.39 is 21.7 Å². The summed E-state index contributed by atoms with van der Waals surface area (Å²) in [4.78, 5) is 1.91. The van der Waals surface area contributed by atoms with Gasteiger partial charge in [-0.25, -0.2) is 17.2 Å². The zero-order valence-corrected chi connectivity index (χ0v) is 20.7. The van der Waals surface area contributed by atoms with Gasteiger partial charge in [-0.1, -0.05) is 24.3 Å². The molecule has 0 fully saturated rings. The van der Waals surface area contributed by atoms with E-state index in [-0.39, 0.29) is 6.54 Å². The quantitative estimate of drug-likeness (QED) is 0.281. The van der Waals surface area contributed by atoms with Crippen molar-refractivity contribution in [3.63, 3.8) is 0 Å². The number of furan rings is 1. The number of anilines is 2. The first-order valence-corrected chi connectivity index (χ1v) is 13.1. The minimum atomic E-state index is -3.49. The molecule has 1 aromatic heterocycles. The molecule has 0 radical (unpaired) electrons. The van der Waals surface area contributed by atoms with Gasteiger partial charge in [0.05, 0.1) is 18.2 Å². The molecule has 0 aliphatic carbocycles. The van der Waals surface area contributed by atoms with Crippen LogP contribution >= 0.6 is 0 Å². The van der Waals surface area contributed by atoms with Crippen molar-refractivity contribution in [1.29, 1.82) is 0 Å². The second-order valence-electron chi connectivity index (χ2n) is 8.43. The van der Waals surface area contributed by atoms with Gasteiger partial charge in [0.15, 0.2) is 0 Å². The number of hydrogen-bond donors (Lipinski definition) is 1. The summed E-state index contributed by atoms with van der Waals surface area (Å²) in [5.41, 5.74) is 3.06. The molecule has 188 valence electrons.